The molecule has 0 radical (unpaired) electrons. The number of anilines is 1. The van der Waals surface area contributed by atoms with Crippen LogP contribution >= 0.6 is 0 Å². The van der Waals surface area contributed by atoms with E-state index >= 15 is 0 Å². The Morgan fingerprint density at radius 1 is 1.19 bits per heavy atom. The number of ether oxygens (including phenoxy) is 1. The number of aromatic nitrogens is 2. The highest BCUT2D eigenvalue weighted by molar-refractivity contribution is 7.89. The number of nitrogens with zero attached hydrogens (tertiary/aromatic N) is 4. The van der Waals surface area contributed by atoms with Crippen molar-refractivity contribution in [2.24, 2.45) is 5.92 Å². The molecule has 1 aromatic carbocycles. The van der Waals surface area contributed by atoms with E-state index in [0.29, 0.717) is 13.2 Å². The van der Waals surface area contributed by atoms with Crippen molar-refractivity contribution < 1.29 is 23.1 Å². The number of imidazole rings is 1. The van der Waals surface area contributed by atoms with Gasteiger partial charge in [0, 0.05) is 56.7 Å². The lowest BCUT2D eigenvalue weighted by atomic mass is 10.1. The lowest BCUT2D eigenvalue weighted by Gasteiger charge is -2.23. The first-order chi connectivity index (χ1) is 14.8. The van der Waals surface area contributed by atoms with Crippen LogP contribution in [0, 0.1) is 5.92 Å². The molecule has 0 unspecified atom stereocenters. The second-order valence-electron chi connectivity index (χ2n) is 7.41. The summed E-state index contributed by atoms with van der Waals surface area (Å²) < 4.78 is 33.7. The number of benzene rings is 1. The van der Waals surface area contributed by atoms with Gasteiger partial charge in [0.05, 0.1) is 25.0 Å². The number of hydrogen-bond donors (Lipinski definition) is 1. The Morgan fingerprint density at radius 3 is 2.35 bits per heavy atom. The predicted octanol–water partition coefficient (Wildman–Crippen LogP) is 2.18. The number of carboxylic acid groups (broad SMARTS) is 1. The van der Waals surface area contributed by atoms with Crippen molar-refractivity contribution in [1.82, 2.24) is 13.9 Å². The third-order valence-corrected chi connectivity index (χ3v) is 7.39. The second-order valence-corrected chi connectivity index (χ2v) is 9.64. The molecule has 0 bridgehead atoms. The Hall–Kier alpha value is -2.43. The first-order valence-corrected chi connectivity index (χ1v) is 11.8. The second kappa shape index (κ2) is 11.3. The molecule has 0 saturated carbocycles. The Balaban J connectivity index is 0.00000107. The van der Waals surface area contributed by atoms with Crippen molar-refractivity contribution >= 4 is 22.2 Å². The maximum Gasteiger partial charge on any atom is 0.290 e. The SMILES string of the molecule is CCN(CC)c1ccc(-c2nccn2[C@@H]2COC[C@@H]2CS(=O)(=O)N(C)C)cc1.O=CO. The average Bonchev–Trinajstić information content (AvgIpc) is 3.38. The lowest BCUT2D eigenvalue weighted by molar-refractivity contribution is -0.122. The summed E-state index contributed by atoms with van der Waals surface area (Å²) in [5, 5.41) is 6.89. The number of rotatable bonds is 8. The summed E-state index contributed by atoms with van der Waals surface area (Å²) in [5.41, 5.74) is 2.20. The van der Waals surface area contributed by atoms with E-state index in [1.807, 2.05) is 6.20 Å². The first-order valence-electron chi connectivity index (χ1n) is 10.2. The molecule has 1 N–H and O–H groups in total. The Labute approximate surface area is 184 Å². The highest BCUT2D eigenvalue weighted by Gasteiger charge is 2.35. The third-order valence-electron chi connectivity index (χ3n) is 5.43. The van der Waals surface area contributed by atoms with E-state index in [4.69, 9.17) is 14.6 Å². The normalized spacial score (nSPS) is 18.5. The molecule has 2 atom stereocenters. The Morgan fingerprint density at radius 2 is 1.81 bits per heavy atom. The molecule has 2 heterocycles. The smallest absolute Gasteiger partial charge is 0.290 e. The van der Waals surface area contributed by atoms with Crippen LogP contribution in [0.1, 0.15) is 19.9 Å². The molecule has 1 aromatic heterocycles. The van der Waals surface area contributed by atoms with Crippen LogP contribution in [0.25, 0.3) is 11.4 Å². The number of sulfonamides is 1. The predicted molar refractivity (Wildman–Crippen MR) is 121 cm³/mol. The van der Waals surface area contributed by atoms with Crippen LogP contribution in [0.4, 0.5) is 5.69 Å². The summed E-state index contributed by atoms with van der Waals surface area (Å²) in [6, 6.07) is 8.33. The first kappa shape index (κ1) is 24.8. The summed E-state index contributed by atoms with van der Waals surface area (Å²) in [6.45, 7) is 6.90. The molecule has 0 amide bonds. The van der Waals surface area contributed by atoms with Crippen LogP contribution in [0.15, 0.2) is 36.7 Å². The number of carbonyl (C=O) groups is 1. The fraction of sp³-hybridized carbons (Fsp3) is 0.524. The Kier molecular flexibility index (Phi) is 9.02. The van der Waals surface area contributed by atoms with Crippen molar-refractivity contribution in [3.63, 3.8) is 0 Å². The molecule has 1 aliphatic rings. The molecule has 0 spiro atoms. The van der Waals surface area contributed by atoms with Crippen molar-refractivity contribution in [2.45, 2.75) is 19.9 Å². The van der Waals surface area contributed by atoms with Crippen LogP contribution in [0.3, 0.4) is 0 Å². The van der Waals surface area contributed by atoms with Gasteiger partial charge in [0.1, 0.15) is 5.82 Å². The zero-order valence-electron chi connectivity index (χ0n) is 18.5. The molecular weight excluding hydrogens is 420 g/mol. The van der Waals surface area contributed by atoms with Gasteiger partial charge in [0.2, 0.25) is 10.0 Å². The maximum atomic E-state index is 12.4. The molecule has 10 heteroatoms. The molecule has 1 fully saturated rings. The van der Waals surface area contributed by atoms with Gasteiger partial charge in [-0.25, -0.2) is 17.7 Å². The van der Waals surface area contributed by atoms with Gasteiger partial charge in [-0.3, -0.25) is 4.79 Å². The van der Waals surface area contributed by atoms with E-state index in [0.717, 1.165) is 24.5 Å². The summed E-state index contributed by atoms with van der Waals surface area (Å²) in [7, 11) is -0.151. The van der Waals surface area contributed by atoms with E-state index in [9.17, 15) is 8.42 Å². The molecular formula is C21H32N4O5S. The van der Waals surface area contributed by atoms with Crippen LogP contribution < -0.4 is 4.90 Å². The third kappa shape index (κ3) is 6.05. The molecule has 2 aromatic rings. The molecule has 1 aliphatic heterocycles. The van der Waals surface area contributed by atoms with Crippen LogP contribution in [0.2, 0.25) is 0 Å². The van der Waals surface area contributed by atoms with Crippen molar-refractivity contribution in [3.8, 4) is 11.4 Å². The molecule has 31 heavy (non-hydrogen) atoms. The lowest BCUT2D eigenvalue weighted by Crippen LogP contribution is -2.32. The minimum absolute atomic E-state index is 0.0466. The monoisotopic (exact) mass is 452 g/mol. The van der Waals surface area contributed by atoms with E-state index < -0.39 is 10.0 Å². The standard InChI is InChI=1S/C20H30N4O3S.CH2O2/c1-5-23(6-2)18-9-7-16(8-10-18)20-21-11-12-24(20)19-14-27-13-17(19)15-28(25,26)22(3)4;2-1-3/h7-12,17,19H,5-6,13-15H2,1-4H3;1H,(H,2,3)/t17-,19-;/m1./s1. The topological polar surface area (TPSA) is 105 Å². The van der Waals surface area contributed by atoms with Gasteiger partial charge in [-0.05, 0) is 38.1 Å². The highest BCUT2D eigenvalue weighted by atomic mass is 32.2. The zero-order chi connectivity index (χ0) is 23.0. The minimum Gasteiger partial charge on any atom is -0.483 e. The number of hydrogen-bond acceptors (Lipinski definition) is 6. The molecule has 1 saturated heterocycles. The zero-order valence-corrected chi connectivity index (χ0v) is 19.3. The fourth-order valence-corrected chi connectivity index (χ4v) is 4.85. The van der Waals surface area contributed by atoms with Crippen molar-refractivity contribution in [2.75, 3.05) is 51.1 Å². The van der Waals surface area contributed by atoms with Gasteiger partial charge in [0.15, 0.2) is 0 Å². The van der Waals surface area contributed by atoms with Gasteiger partial charge in [0.25, 0.3) is 6.47 Å². The van der Waals surface area contributed by atoms with Crippen LogP contribution in [-0.2, 0) is 19.6 Å². The summed E-state index contributed by atoms with van der Waals surface area (Å²) in [6.07, 6.45) is 3.69. The van der Waals surface area contributed by atoms with Gasteiger partial charge in [-0.1, -0.05) is 0 Å². The maximum absolute atomic E-state index is 12.4. The summed E-state index contributed by atoms with van der Waals surface area (Å²) in [5.74, 6) is 0.813. The van der Waals surface area contributed by atoms with E-state index in [-0.39, 0.29) is 24.2 Å². The van der Waals surface area contributed by atoms with E-state index in [1.54, 1.807) is 20.3 Å². The molecule has 3 rings (SSSR count). The Bertz CT molecular complexity index is 924. The molecule has 0 aliphatic carbocycles. The fourth-order valence-electron chi connectivity index (χ4n) is 3.69. The van der Waals surface area contributed by atoms with Crippen molar-refractivity contribution in [1.29, 1.82) is 0 Å². The van der Waals surface area contributed by atoms with Crippen LogP contribution in [0.5, 0.6) is 0 Å². The minimum atomic E-state index is -3.29. The quantitative estimate of drug-likeness (QED) is 0.612. The van der Waals surface area contributed by atoms with Gasteiger partial charge < -0.3 is 19.3 Å². The van der Waals surface area contributed by atoms with Gasteiger partial charge >= 0.3 is 0 Å². The van der Waals surface area contributed by atoms with Gasteiger partial charge in [-0.2, -0.15) is 0 Å². The highest BCUT2D eigenvalue weighted by Crippen LogP contribution is 2.32. The van der Waals surface area contributed by atoms with E-state index in [1.165, 1.54) is 9.99 Å². The summed E-state index contributed by atoms with van der Waals surface area (Å²) in [4.78, 5) is 15.2. The largest absolute Gasteiger partial charge is 0.483 e. The average molecular weight is 453 g/mol. The van der Waals surface area contributed by atoms with Crippen LogP contribution in [-0.4, -0.2) is 80.0 Å². The molecule has 172 valence electrons. The van der Waals surface area contributed by atoms with Gasteiger partial charge in [-0.15, -0.1) is 0 Å². The van der Waals surface area contributed by atoms with Crippen molar-refractivity contribution in [3.05, 3.63) is 36.7 Å². The van der Waals surface area contributed by atoms with E-state index in [2.05, 4.69) is 52.6 Å². The molecule has 9 nitrogen and oxygen atoms in total. The summed E-state index contributed by atoms with van der Waals surface area (Å²) >= 11 is 0.